The molecule has 1 amide bonds. The van der Waals surface area contributed by atoms with Crippen LogP contribution in [0.1, 0.15) is 13.3 Å². The number of rotatable bonds is 3. The molecule has 0 fully saturated rings. The molecule has 0 unspecified atom stereocenters. The quantitative estimate of drug-likeness (QED) is 0.471. The van der Waals surface area contributed by atoms with Crippen LogP contribution in [0.25, 0.3) is 0 Å². The van der Waals surface area contributed by atoms with Crippen molar-refractivity contribution in [3.05, 3.63) is 12.7 Å². The van der Waals surface area contributed by atoms with E-state index in [1.807, 2.05) is 6.92 Å². The van der Waals surface area contributed by atoms with E-state index in [0.717, 1.165) is 13.0 Å². The molecule has 0 aromatic carbocycles. The molecule has 0 aromatic heterocycles. The fourth-order valence-corrected chi connectivity index (χ4v) is 0.320. The summed E-state index contributed by atoms with van der Waals surface area (Å²) in [6.07, 6.45) is 2.25. The minimum absolute atomic E-state index is 0.0909. The van der Waals surface area contributed by atoms with E-state index in [1.54, 1.807) is 0 Å². The van der Waals surface area contributed by atoms with Crippen molar-refractivity contribution in [2.75, 3.05) is 6.54 Å². The van der Waals surface area contributed by atoms with Gasteiger partial charge in [0.25, 0.3) is 0 Å². The number of nitrogens with one attached hydrogen (secondary N) is 1. The average Bonchev–Trinajstić information content (AvgIpc) is 2.04. The van der Waals surface area contributed by atoms with Crippen LogP contribution in [0.5, 0.6) is 0 Å². The summed E-state index contributed by atoms with van der Waals surface area (Å²) in [7, 11) is 0. The molecule has 0 heterocycles. The van der Waals surface area contributed by atoms with E-state index in [9.17, 15) is 4.79 Å². The first-order chi connectivity index (χ1) is 4.81. The molecule has 0 bridgehead atoms. The van der Waals surface area contributed by atoms with Crippen LogP contribution < -0.4 is 5.32 Å². The molecule has 2 nitrogen and oxygen atoms in total. The Balaban J connectivity index is 0. The summed E-state index contributed by atoms with van der Waals surface area (Å²) in [6, 6.07) is 0. The van der Waals surface area contributed by atoms with Crippen LogP contribution >= 0.6 is 0 Å². The van der Waals surface area contributed by atoms with E-state index in [4.69, 9.17) is 0 Å². The second kappa shape index (κ2) is 11.9. The predicted octanol–water partition coefficient (Wildman–Crippen LogP) is 0.902. The van der Waals surface area contributed by atoms with Gasteiger partial charge in [0.1, 0.15) is 0 Å². The van der Waals surface area contributed by atoms with Gasteiger partial charge < -0.3 is 5.32 Å². The first-order valence-corrected chi connectivity index (χ1v) is 5.71. The molecular weight excluding hydrogens is 137 g/mol. The monoisotopic (exact) mass is 151 g/mol. The van der Waals surface area contributed by atoms with Crippen molar-refractivity contribution in [3.63, 3.8) is 0 Å². The summed E-state index contributed by atoms with van der Waals surface area (Å²) >= 11 is 1.31. The van der Waals surface area contributed by atoms with Crippen LogP contribution in [-0.2, 0) is 4.79 Å². The molecule has 3 heteroatoms. The number of carbonyl (C=O) groups is 1. The SMILES string of the molecule is C=CC(=O)NCCC.[CH3][Na]. The summed E-state index contributed by atoms with van der Waals surface area (Å²) in [5.41, 5.74) is 0. The molecule has 0 spiro atoms. The zero-order valence-corrected chi connectivity index (χ0v) is 9.11. The Morgan fingerprint density at radius 2 is 2.20 bits per heavy atom. The van der Waals surface area contributed by atoms with E-state index in [0.29, 0.717) is 0 Å². The second-order valence-electron chi connectivity index (χ2n) is 1.50. The van der Waals surface area contributed by atoms with Crippen LogP contribution in [0.2, 0.25) is 4.17 Å². The van der Waals surface area contributed by atoms with Crippen LogP contribution in [-0.4, -0.2) is 40.4 Å². The standard InChI is InChI=1S/C6H11NO.CH3.Na/c1-3-5-7-6(8)4-2;;/h4H,2-3,5H2,1H3,(H,7,8);1H3;. The van der Waals surface area contributed by atoms with Crippen LogP contribution in [0.3, 0.4) is 0 Å². The summed E-state index contributed by atoms with van der Waals surface area (Å²) < 4.78 is 2.14. The van der Waals surface area contributed by atoms with Gasteiger partial charge in [-0.1, -0.05) is 13.5 Å². The molecule has 0 aliphatic heterocycles. The van der Waals surface area contributed by atoms with Gasteiger partial charge in [-0.15, -0.1) is 0 Å². The van der Waals surface area contributed by atoms with Gasteiger partial charge in [-0.05, 0) is 12.5 Å². The van der Waals surface area contributed by atoms with Gasteiger partial charge >= 0.3 is 32.1 Å². The van der Waals surface area contributed by atoms with E-state index in [-0.39, 0.29) is 5.91 Å². The van der Waals surface area contributed by atoms with E-state index in [2.05, 4.69) is 16.1 Å². The summed E-state index contributed by atoms with van der Waals surface area (Å²) in [4.78, 5) is 10.3. The Kier molecular flexibility index (Phi) is 15.3. The molecule has 54 valence electrons. The maximum atomic E-state index is 10.3. The molecule has 0 aliphatic carbocycles. The summed E-state index contributed by atoms with van der Waals surface area (Å²) in [5.74, 6) is -0.0909. The number of hydrogen-bond donors (Lipinski definition) is 1. The molecule has 0 aromatic rings. The Morgan fingerprint density at radius 1 is 1.70 bits per heavy atom. The van der Waals surface area contributed by atoms with Crippen molar-refractivity contribution < 1.29 is 4.79 Å². The van der Waals surface area contributed by atoms with Gasteiger partial charge in [-0.25, -0.2) is 0 Å². The van der Waals surface area contributed by atoms with Gasteiger partial charge in [0.2, 0.25) is 5.91 Å². The molecule has 1 N–H and O–H groups in total. The Bertz CT molecular complexity index is 93.6. The van der Waals surface area contributed by atoms with Crippen molar-refractivity contribution in [1.82, 2.24) is 5.32 Å². The zero-order valence-electron chi connectivity index (χ0n) is 7.11. The third kappa shape index (κ3) is 11.1. The van der Waals surface area contributed by atoms with Gasteiger partial charge in [-0.3, -0.25) is 4.79 Å². The van der Waals surface area contributed by atoms with Gasteiger partial charge in [0, 0.05) is 6.54 Å². The number of amides is 1. The zero-order chi connectivity index (χ0) is 8.41. The predicted molar refractivity (Wildman–Crippen MR) is 45.1 cm³/mol. The van der Waals surface area contributed by atoms with Crippen molar-refractivity contribution in [2.45, 2.75) is 17.5 Å². The third-order valence-corrected chi connectivity index (χ3v) is 0.735. The maximum absolute atomic E-state index is 10.3. The number of carbonyl (C=O) groups excluding carboxylic acids is 1. The minimum atomic E-state index is -0.0909. The van der Waals surface area contributed by atoms with Gasteiger partial charge in [0.15, 0.2) is 0 Å². The van der Waals surface area contributed by atoms with Crippen LogP contribution in [0, 0.1) is 0 Å². The normalized spacial score (nSPS) is 7.20. The first-order valence-electron chi connectivity index (χ1n) is 3.71. The third-order valence-electron chi connectivity index (χ3n) is 0.735. The van der Waals surface area contributed by atoms with Gasteiger partial charge in [-0.2, -0.15) is 0 Å². The van der Waals surface area contributed by atoms with Crippen molar-refractivity contribution in [2.24, 2.45) is 0 Å². The fourth-order valence-electron chi connectivity index (χ4n) is 0.320. The fraction of sp³-hybridized carbons (Fsp3) is 0.571. The topological polar surface area (TPSA) is 29.1 Å². The number of hydrogen-bond acceptors (Lipinski definition) is 1. The Hall–Kier alpha value is 0.210. The van der Waals surface area contributed by atoms with Crippen molar-refractivity contribution >= 4 is 33.8 Å². The van der Waals surface area contributed by atoms with E-state index >= 15 is 0 Å². The van der Waals surface area contributed by atoms with E-state index < -0.39 is 0 Å². The van der Waals surface area contributed by atoms with Crippen molar-refractivity contribution in [1.29, 1.82) is 0 Å². The van der Waals surface area contributed by atoms with Crippen molar-refractivity contribution in [3.8, 4) is 0 Å². The molecular formula is C7H14NNaO. The summed E-state index contributed by atoms with van der Waals surface area (Å²) in [5, 5.41) is 2.62. The molecule has 10 heavy (non-hydrogen) atoms. The molecule has 0 saturated carbocycles. The molecule has 0 rings (SSSR count). The molecule has 0 saturated heterocycles. The van der Waals surface area contributed by atoms with Gasteiger partial charge in [0.05, 0.1) is 0 Å². The molecule has 0 radical (unpaired) electrons. The Morgan fingerprint density at radius 3 is 2.50 bits per heavy atom. The van der Waals surface area contributed by atoms with E-state index in [1.165, 1.54) is 34.0 Å². The Labute approximate surface area is 80.5 Å². The van der Waals surface area contributed by atoms with Crippen LogP contribution in [0.4, 0.5) is 0 Å². The average molecular weight is 151 g/mol. The van der Waals surface area contributed by atoms with Crippen LogP contribution in [0.15, 0.2) is 12.7 Å². The second-order valence-corrected chi connectivity index (χ2v) is 1.50. The first kappa shape index (κ1) is 12.8. The molecule has 0 atom stereocenters. The molecule has 0 aliphatic rings. The summed E-state index contributed by atoms with van der Waals surface area (Å²) in [6.45, 7) is 6.05.